The lowest BCUT2D eigenvalue weighted by molar-refractivity contribution is 0.0956. The van der Waals surface area contributed by atoms with E-state index in [0.29, 0.717) is 5.56 Å². The lowest BCUT2D eigenvalue weighted by atomic mass is 10.1. The van der Waals surface area contributed by atoms with E-state index in [1.165, 1.54) is 42.6 Å². The minimum Gasteiger partial charge on any atom is -0.508 e. The van der Waals surface area contributed by atoms with Crippen LogP contribution >= 0.6 is 0 Å². The number of hydrogen-bond donors (Lipinski definition) is 3. The van der Waals surface area contributed by atoms with Crippen LogP contribution in [0.1, 0.15) is 26.3 Å². The summed E-state index contributed by atoms with van der Waals surface area (Å²) < 4.78 is 13.3. The first-order chi connectivity index (χ1) is 13.5. The zero-order valence-electron chi connectivity index (χ0n) is 14.6. The van der Waals surface area contributed by atoms with Gasteiger partial charge in [-0.05, 0) is 60.2 Å². The van der Waals surface area contributed by atoms with Crippen LogP contribution in [-0.4, -0.2) is 23.1 Å². The molecule has 0 aliphatic carbocycles. The summed E-state index contributed by atoms with van der Waals surface area (Å²) in [4.78, 5) is 24.7. The van der Waals surface area contributed by atoms with Gasteiger partial charge in [0.05, 0.1) is 17.5 Å². The van der Waals surface area contributed by atoms with Crippen LogP contribution in [0.25, 0.3) is 0 Å². The Balaban J connectivity index is 1.71. The molecule has 0 bridgehead atoms. The fourth-order valence-corrected chi connectivity index (χ4v) is 2.40. The third-order valence-corrected chi connectivity index (χ3v) is 3.78. The number of hydrazone groups is 1. The standard InChI is InChI=1S/C21H16FN3O3/c22-16-5-3-4-15(12-16)20(27)24-19-7-2-1-6-18(19)21(28)25-23-13-14-8-10-17(26)11-9-14/h1-13,26H,(H,24,27)(H,25,28)/b23-13+. The number of halogens is 1. The number of benzene rings is 3. The Labute approximate surface area is 160 Å². The van der Waals surface area contributed by atoms with Gasteiger partial charge in [0.2, 0.25) is 0 Å². The van der Waals surface area contributed by atoms with Gasteiger partial charge >= 0.3 is 0 Å². The average molecular weight is 377 g/mol. The third-order valence-electron chi connectivity index (χ3n) is 3.78. The highest BCUT2D eigenvalue weighted by molar-refractivity contribution is 6.09. The molecule has 3 N–H and O–H groups in total. The van der Waals surface area contributed by atoms with Crippen molar-refractivity contribution >= 4 is 23.7 Å². The van der Waals surface area contributed by atoms with E-state index >= 15 is 0 Å². The van der Waals surface area contributed by atoms with Gasteiger partial charge in [0.1, 0.15) is 11.6 Å². The molecule has 3 aromatic carbocycles. The molecule has 0 heterocycles. The fourth-order valence-electron chi connectivity index (χ4n) is 2.40. The minimum absolute atomic E-state index is 0.129. The van der Waals surface area contributed by atoms with Gasteiger partial charge in [0.15, 0.2) is 0 Å². The van der Waals surface area contributed by atoms with Gasteiger partial charge in [-0.3, -0.25) is 9.59 Å². The molecule has 0 saturated carbocycles. The Bertz CT molecular complexity index is 1030. The molecule has 3 rings (SSSR count). The van der Waals surface area contributed by atoms with Gasteiger partial charge in [-0.15, -0.1) is 0 Å². The molecule has 0 aliphatic rings. The summed E-state index contributed by atoms with van der Waals surface area (Å²) in [6.07, 6.45) is 1.42. The van der Waals surface area contributed by atoms with Crippen molar-refractivity contribution in [2.24, 2.45) is 5.10 Å². The van der Waals surface area contributed by atoms with Crippen LogP contribution in [0.2, 0.25) is 0 Å². The normalized spacial score (nSPS) is 10.6. The second kappa shape index (κ2) is 8.59. The molecular formula is C21H16FN3O3. The van der Waals surface area contributed by atoms with Gasteiger partial charge in [-0.1, -0.05) is 18.2 Å². The molecule has 3 aromatic rings. The molecule has 0 unspecified atom stereocenters. The Kier molecular flexibility index (Phi) is 5.76. The number of anilines is 1. The van der Waals surface area contributed by atoms with Gasteiger partial charge in [0.25, 0.3) is 11.8 Å². The van der Waals surface area contributed by atoms with Gasteiger partial charge in [-0.25, -0.2) is 9.82 Å². The maximum atomic E-state index is 13.3. The summed E-state index contributed by atoms with van der Waals surface area (Å²) in [6, 6.07) is 17.9. The summed E-state index contributed by atoms with van der Waals surface area (Å²) in [7, 11) is 0. The van der Waals surface area contributed by atoms with E-state index in [4.69, 9.17) is 0 Å². The van der Waals surface area contributed by atoms with E-state index in [1.54, 1.807) is 30.3 Å². The lowest BCUT2D eigenvalue weighted by Gasteiger charge is -2.10. The number of amides is 2. The van der Waals surface area contributed by atoms with E-state index in [1.807, 2.05) is 0 Å². The van der Waals surface area contributed by atoms with Crippen molar-refractivity contribution < 1.29 is 19.1 Å². The Morgan fingerprint density at radius 3 is 2.43 bits per heavy atom. The zero-order valence-corrected chi connectivity index (χ0v) is 14.6. The predicted octanol–water partition coefficient (Wildman–Crippen LogP) is 3.55. The van der Waals surface area contributed by atoms with E-state index in [2.05, 4.69) is 15.8 Å². The summed E-state index contributed by atoms with van der Waals surface area (Å²) in [5, 5.41) is 15.7. The van der Waals surface area contributed by atoms with Gasteiger partial charge in [0, 0.05) is 5.56 Å². The minimum atomic E-state index is -0.535. The number of phenols is 1. The summed E-state index contributed by atoms with van der Waals surface area (Å²) >= 11 is 0. The highest BCUT2D eigenvalue weighted by Gasteiger charge is 2.14. The largest absolute Gasteiger partial charge is 0.508 e. The highest BCUT2D eigenvalue weighted by atomic mass is 19.1. The number of aromatic hydroxyl groups is 1. The topological polar surface area (TPSA) is 90.8 Å². The second-order valence-electron chi connectivity index (χ2n) is 5.80. The Morgan fingerprint density at radius 1 is 0.929 bits per heavy atom. The third kappa shape index (κ3) is 4.79. The molecular weight excluding hydrogens is 361 g/mol. The van der Waals surface area contributed by atoms with E-state index in [9.17, 15) is 19.1 Å². The number of rotatable bonds is 5. The second-order valence-corrected chi connectivity index (χ2v) is 5.80. The van der Waals surface area contributed by atoms with E-state index in [0.717, 1.165) is 6.07 Å². The van der Waals surface area contributed by atoms with Crippen molar-refractivity contribution in [3.05, 3.63) is 95.3 Å². The number of hydrogen-bond acceptors (Lipinski definition) is 4. The van der Waals surface area contributed by atoms with Crippen LogP contribution < -0.4 is 10.7 Å². The van der Waals surface area contributed by atoms with Crippen molar-refractivity contribution in [1.82, 2.24) is 5.43 Å². The molecule has 0 spiro atoms. The quantitative estimate of drug-likeness (QED) is 0.469. The number of nitrogens with one attached hydrogen (secondary N) is 2. The van der Waals surface area contributed by atoms with Crippen molar-refractivity contribution in [3.63, 3.8) is 0 Å². The Morgan fingerprint density at radius 2 is 1.68 bits per heavy atom. The molecule has 0 saturated heterocycles. The number of phenolic OH excluding ortho intramolecular Hbond substituents is 1. The molecule has 6 nitrogen and oxygen atoms in total. The summed E-state index contributed by atoms with van der Waals surface area (Å²) in [5.74, 6) is -1.45. The van der Waals surface area contributed by atoms with Crippen LogP contribution in [0.4, 0.5) is 10.1 Å². The maximum absolute atomic E-state index is 13.3. The number of nitrogens with zero attached hydrogens (tertiary/aromatic N) is 1. The average Bonchev–Trinajstić information content (AvgIpc) is 2.70. The van der Waals surface area contributed by atoms with Crippen molar-refractivity contribution in [3.8, 4) is 5.75 Å². The maximum Gasteiger partial charge on any atom is 0.273 e. The highest BCUT2D eigenvalue weighted by Crippen LogP contribution is 2.17. The van der Waals surface area contributed by atoms with Crippen molar-refractivity contribution in [2.45, 2.75) is 0 Å². The van der Waals surface area contributed by atoms with Gasteiger partial charge < -0.3 is 10.4 Å². The first kappa shape index (κ1) is 18.8. The molecule has 140 valence electrons. The first-order valence-electron chi connectivity index (χ1n) is 8.31. The van der Waals surface area contributed by atoms with Crippen LogP contribution in [0.3, 0.4) is 0 Å². The van der Waals surface area contributed by atoms with Crippen molar-refractivity contribution in [2.75, 3.05) is 5.32 Å². The SMILES string of the molecule is O=C(Nc1ccccc1C(=O)N/N=C/c1ccc(O)cc1)c1cccc(F)c1. The van der Waals surface area contributed by atoms with Crippen LogP contribution in [0.15, 0.2) is 77.9 Å². The fraction of sp³-hybridized carbons (Fsp3) is 0. The van der Waals surface area contributed by atoms with Crippen LogP contribution in [0.5, 0.6) is 5.75 Å². The number of carbonyl (C=O) groups is 2. The molecule has 0 aliphatic heterocycles. The van der Waals surface area contributed by atoms with E-state index in [-0.39, 0.29) is 22.6 Å². The molecule has 2 amide bonds. The molecule has 7 heteroatoms. The summed E-state index contributed by atoms with van der Waals surface area (Å²) in [5.41, 5.74) is 3.68. The van der Waals surface area contributed by atoms with Crippen molar-refractivity contribution in [1.29, 1.82) is 0 Å². The monoisotopic (exact) mass is 377 g/mol. The van der Waals surface area contributed by atoms with E-state index < -0.39 is 17.6 Å². The molecule has 0 radical (unpaired) electrons. The summed E-state index contributed by atoms with van der Waals surface area (Å²) in [6.45, 7) is 0. The van der Waals surface area contributed by atoms with Crippen LogP contribution in [-0.2, 0) is 0 Å². The molecule has 0 fully saturated rings. The predicted molar refractivity (Wildman–Crippen MR) is 104 cm³/mol. The van der Waals surface area contributed by atoms with Crippen LogP contribution in [0, 0.1) is 5.82 Å². The Hall–Kier alpha value is -4.00. The molecule has 28 heavy (non-hydrogen) atoms. The molecule has 0 atom stereocenters. The molecule has 0 aromatic heterocycles. The first-order valence-corrected chi connectivity index (χ1v) is 8.31. The lowest BCUT2D eigenvalue weighted by Crippen LogP contribution is -2.21. The zero-order chi connectivity index (χ0) is 19.9. The van der Waals surface area contributed by atoms with Gasteiger partial charge in [-0.2, -0.15) is 5.10 Å². The smallest absolute Gasteiger partial charge is 0.273 e. The number of carbonyl (C=O) groups excluding carboxylic acids is 2. The number of para-hydroxylation sites is 1.